The highest BCUT2D eigenvalue weighted by Gasteiger charge is 2.18. The molecule has 0 bridgehead atoms. The Labute approximate surface area is 152 Å². The molecule has 26 heavy (non-hydrogen) atoms. The number of hydrogen-bond acceptors (Lipinski definition) is 8. The summed E-state index contributed by atoms with van der Waals surface area (Å²) in [7, 11) is 1.58. The molecule has 0 saturated carbocycles. The fourth-order valence-corrected chi connectivity index (χ4v) is 3.38. The molecule has 2 aromatic heterocycles. The second-order valence-electron chi connectivity index (χ2n) is 5.65. The lowest BCUT2D eigenvalue weighted by atomic mass is 10.1. The van der Waals surface area contributed by atoms with Gasteiger partial charge in [-0.25, -0.2) is 4.98 Å². The summed E-state index contributed by atoms with van der Waals surface area (Å²) < 4.78 is 5.51. The molecule has 0 fully saturated rings. The van der Waals surface area contributed by atoms with Crippen molar-refractivity contribution in [2.24, 2.45) is 0 Å². The van der Waals surface area contributed by atoms with Crippen LogP contribution in [0.5, 0.6) is 5.75 Å². The summed E-state index contributed by atoms with van der Waals surface area (Å²) in [5, 5.41) is 23.6. The average molecular weight is 372 g/mol. The molecular weight excluding hydrogens is 356 g/mol. The van der Waals surface area contributed by atoms with Crippen LogP contribution in [0, 0.1) is 0 Å². The average Bonchev–Trinajstić information content (AvgIpc) is 3.39. The molecule has 134 valence electrons. The number of fused-ring (bicyclic) bond motifs is 1. The molecule has 0 saturated heterocycles. The third kappa shape index (κ3) is 3.17. The largest absolute Gasteiger partial charge is 0.493 e. The van der Waals surface area contributed by atoms with Gasteiger partial charge in [0.25, 0.3) is 5.91 Å². The van der Waals surface area contributed by atoms with Crippen LogP contribution in [0.15, 0.2) is 23.6 Å². The third-order valence-electron chi connectivity index (χ3n) is 3.93. The Kier molecular flexibility index (Phi) is 4.37. The molecule has 1 aliphatic heterocycles. The number of aromatic nitrogens is 4. The topological polar surface area (TPSA) is 125 Å². The number of thiazole rings is 1. The van der Waals surface area contributed by atoms with Crippen molar-refractivity contribution < 1.29 is 14.6 Å². The Morgan fingerprint density at radius 2 is 2.31 bits per heavy atom. The number of aliphatic hydroxyl groups excluding tert-OH is 1. The van der Waals surface area contributed by atoms with Gasteiger partial charge in [-0.3, -0.25) is 20.5 Å². The van der Waals surface area contributed by atoms with Crippen LogP contribution in [-0.2, 0) is 6.42 Å². The molecule has 0 aliphatic carbocycles. The molecule has 4 rings (SSSR count). The van der Waals surface area contributed by atoms with E-state index in [-0.39, 0.29) is 17.5 Å². The minimum atomic E-state index is -0.984. The molecule has 1 aliphatic rings. The van der Waals surface area contributed by atoms with Crippen molar-refractivity contribution >= 4 is 23.2 Å². The molecule has 0 radical (unpaired) electrons. The van der Waals surface area contributed by atoms with Gasteiger partial charge < -0.3 is 9.84 Å². The van der Waals surface area contributed by atoms with Crippen LogP contribution < -0.4 is 15.4 Å². The number of H-pyrrole nitrogens is 1. The lowest BCUT2D eigenvalue weighted by Crippen LogP contribution is -2.17. The first-order valence-electron chi connectivity index (χ1n) is 7.94. The van der Waals surface area contributed by atoms with Gasteiger partial charge in [-0.15, -0.1) is 16.4 Å². The molecule has 3 aromatic rings. The maximum Gasteiger partial charge on any atom is 0.277 e. The van der Waals surface area contributed by atoms with E-state index in [9.17, 15) is 9.90 Å². The molecule has 0 spiro atoms. The van der Waals surface area contributed by atoms with Gasteiger partial charge in [0.15, 0.2) is 12.1 Å². The van der Waals surface area contributed by atoms with Gasteiger partial charge in [0.1, 0.15) is 16.5 Å². The maximum absolute atomic E-state index is 12.3. The molecule has 1 atom stereocenters. The monoisotopic (exact) mass is 372 g/mol. The van der Waals surface area contributed by atoms with Crippen LogP contribution in [0.3, 0.4) is 0 Å². The van der Waals surface area contributed by atoms with E-state index in [4.69, 9.17) is 4.74 Å². The smallest absolute Gasteiger partial charge is 0.277 e. The third-order valence-corrected chi connectivity index (χ3v) is 4.83. The number of hydrogen-bond donors (Lipinski definition) is 4. The fraction of sp³-hybridized carbons (Fsp3) is 0.250. The number of aromatic amines is 1. The number of benzene rings is 1. The quantitative estimate of drug-likeness (QED) is 0.498. The zero-order chi connectivity index (χ0) is 18.1. The molecule has 9 nitrogen and oxygen atoms in total. The predicted molar refractivity (Wildman–Crippen MR) is 95.1 cm³/mol. The number of nitrogens with zero attached hydrogens (tertiary/aromatic N) is 3. The van der Waals surface area contributed by atoms with Crippen molar-refractivity contribution in [2.75, 3.05) is 19.0 Å². The molecule has 4 N–H and O–H groups in total. The number of aliphatic hydroxyl groups is 1. The number of amides is 1. The first-order valence-corrected chi connectivity index (χ1v) is 8.82. The van der Waals surface area contributed by atoms with Crippen LogP contribution in [0.4, 0.5) is 5.95 Å². The molecule has 1 amide bonds. The Hall–Kier alpha value is -2.82. The first-order chi connectivity index (χ1) is 12.6. The van der Waals surface area contributed by atoms with Crippen LogP contribution >= 0.6 is 11.3 Å². The molecule has 1 unspecified atom stereocenters. The zero-order valence-electron chi connectivity index (χ0n) is 13.8. The Morgan fingerprint density at radius 3 is 3.15 bits per heavy atom. The summed E-state index contributed by atoms with van der Waals surface area (Å²) >= 11 is 1.39. The molecule has 10 heteroatoms. The van der Waals surface area contributed by atoms with Crippen LogP contribution in [-0.4, -0.2) is 44.8 Å². The van der Waals surface area contributed by atoms with E-state index in [0.717, 1.165) is 28.3 Å². The van der Waals surface area contributed by atoms with Gasteiger partial charge >= 0.3 is 0 Å². The number of anilines is 1. The Morgan fingerprint density at radius 1 is 1.42 bits per heavy atom. The van der Waals surface area contributed by atoms with Crippen LogP contribution in [0.2, 0.25) is 0 Å². The van der Waals surface area contributed by atoms with E-state index < -0.39 is 12.1 Å². The van der Waals surface area contributed by atoms with E-state index >= 15 is 0 Å². The molecule has 3 heterocycles. The standard InChI is InChI=1S/C16H16N6O3S/c1-17-14(24)12-19-16(22-21-12)20-13(23)10-7-26-15(18-10)9-2-3-11-8(6-9)4-5-25-11/h2-3,6-7,14,17,24H,4-5H2,1H3,(H2,19,20,21,22,23). The lowest BCUT2D eigenvalue weighted by Gasteiger charge is -2.02. The number of carbonyl (C=O) groups is 1. The minimum absolute atomic E-state index is 0.0727. The summed E-state index contributed by atoms with van der Waals surface area (Å²) in [6.07, 6.45) is -0.101. The maximum atomic E-state index is 12.3. The van der Waals surface area contributed by atoms with E-state index in [2.05, 4.69) is 30.8 Å². The van der Waals surface area contributed by atoms with Crippen molar-refractivity contribution in [3.05, 3.63) is 40.7 Å². The van der Waals surface area contributed by atoms with Crippen molar-refractivity contribution in [3.8, 4) is 16.3 Å². The minimum Gasteiger partial charge on any atom is -0.493 e. The highest BCUT2D eigenvalue weighted by atomic mass is 32.1. The summed E-state index contributed by atoms with van der Waals surface area (Å²) in [5.74, 6) is 0.777. The van der Waals surface area contributed by atoms with Crippen molar-refractivity contribution in [1.29, 1.82) is 0 Å². The summed E-state index contributed by atoms with van der Waals surface area (Å²) in [6.45, 7) is 0.700. The van der Waals surface area contributed by atoms with Crippen molar-refractivity contribution in [1.82, 2.24) is 25.5 Å². The first kappa shape index (κ1) is 16.6. The van der Waals surface area contributed by atoms with Crippen LogP contribution in [0.25, 0.3) is 10.6 Å². The van der Waals surface area contributed by atoms with Gasteiger partial charge in [0.2, 0.25) is 5.95 Å². The number of rotatable bonds is 5. The molecular formula is C16H16N6O3S. The van der Waals surface area contributed by atoms with Gasteiger partial charge in [-0.2, -0.15) is 4.98 Å². The lowest BCUT2D eigenvalue weighted by molar-refractivity contribution is 0.102. The van der Waals surface area contributed by atoms with Gasteiger partial charge in [0, 0.05) is 17.4 Å². The Balaban J connectivity index is 1.49. The summed E-state index contributed by atoms with van der Waals surface area (Å²) in [6, 6.07) is 5.91. The highest BCUT2D eigenvalue weighted by Crippen LogP contribution is 2.31. The van der Waals surface area contributed by atoms with E-state index in [1.54, 1.807) is 12.4 Å². The SMILES string of the molecule is CNC(O)c1nc(NC(=O)c2csc(-c3ccc4c(c3)CCO4)n2)n[nH]1. The molecule has 1 aromatic carbocycles. The van der Waals surface area contributed by atoms with Crippen LogP contribution in [0.1, 0.15) is 28.1 Å². The van der Waals surface area contributed by atoms with E-state index in [0.29, 0.717) is 6.61 Å². The normalized spacial score (nSPS) is 13.9. The summed E-state index contributed by atoms with van der Waals surface area (Å²) in [5.41, 5.74) is 2.39. The van der Waals surface area contributed by atoms with Gasteiger partial charge in [-0.05, 0) is 30.8 Å². The van der Waals surface area contributed by atoms with E-state index in [1.165, 1.54) is 11.3 Å². The number of ether oxygens (including phenoxy) is 1. The zero-order valence-corrected chi connectivity index (χ0v) is 14.6. The van der Waals surface area contributed by atoms with Gasteiger partial charge in [0.05, 0.1) is 6.61 Å². The Bertz CT molecular complexity index is 953. The second-order valence-corrected chi connectivity index (χ2v) is 6.51. The highest BCUT2D eigenvalue weighted by molar-refractivity contribution is 7.13. The number of nitrogens with one attached hydrogen (secondary N) is 3. The second kappa shape index (κ2) is 6.83. The predicted octanol–water partition coefficient (Wildman–Crippen LogP) is 1.33. The number of carbonyl (C=O) groups excluding carboxylic acids is 1. The fourth-order valence-electron chi connectivity index (χ4n) is 2.59. The van der Waals surface area contributed by atoms with Gasteiger partial charge in [-0.1, -0.05) is 0 Å². The van der Waals surface area contributed by atoms with Crippen molar-refractivity contribution in [2.45, 2.75) is 12.6 Å². The van der Waals surface area contributed by atoms with E-state index in [1.807, 2.05) is 18.2 Å². The summed E-state index contributed by atoms with van der Waals surface area (Å²) in [4.78, 5) is 20.7. The van der Waals surface area contributed by atoms with Crippen molar-refractivity contribution in [3.63, 3.8) is 0 Å².